The summed E-state index contributed by atoms with van der Waals surface area (Å²) in [7, 11) is 0. The molecule has 2 rings (SSSR count). The summed E-state index contributed by atoms with van der Waals surface area (Å²) in [6, 6.07) is 0. The molecule has 0 aliphatic heterocycles. The van der Waals surface area contributed by atoms with Crippen LogP contribution in [-0.2, 0) is 16.1 Å². The standard InChI is InChI=1S/C13H19N3O2S/c1-5-18-16-10-7-13(3,4)6-9-11(10)19-12(15-9)14-8(2)17/h5-7H2,1-4H3,(H,14,15,17). The summed E-state index contributed by atoms with van der Waals surface area (Å²) in [6.45, 7) is 8.33. The molecule has 0 aromatic carbocycles. The zero-order chi connectivity index (χ0) is 14.0. The van der Waals surface area contributed by atoms with Crippen LogP contribution in [0.25, 0.3) is 0 Å². The second-order valence-corrected chi connectivity index (χ2v) is 6.45. The normalized spacial score (nSPS) is 19.1. The molecule has 1 aromatic heterocycles. The molecule has 1 aromatic rings. The summed E-state index contributed by atoms with van der Waals surface area (Å²) < 4.78 is 0. The molecule has 0 radical (unpaired) electrons. The number of hydrogen-bond acceptors (Lipinski definition) is 5. The van der Waals surface area contributed by atoms with Gasteiger partial charge in [0, 0.05) is 6.92 Å². The Kier molecular flexibility index (Phi) is 3.89. The first-order valence-corrected chi connectivity index (χ1v) is 7.19. The topological polar surface area (TPSA) is 63.6 Å². The molecule has 5 nitrogen and oxygen atoms in total. The second-order valence-electron chi connectivity index (χ2n) is 5.45. The fourth-order valence-corrected chi connectivity index (χ4v) is 3.17. The van der Waals surface area contributed by atoms with Gasteiger partial charge < -0.3 is 10.2 Å². The number of carbonyl (C=O) groups is 1. The third-order valence-electron chi connectivity index (χ3n) is 2.84. The Balaban J connectivity index is 2.35. The maximum absolute atomic E-state index is 11.1. The van der Waals surface area contributed by atoms with Gasteiger partial charge in [-0.05, 0) is 25.2 Å². The fraction of sp³-hybridized carbons (Fsp3) is 0.615. The van der Waals surface area contributed by atoms with Crippen molar-refractivity contribution in [3.8, 4) is 0 Å². The summed E-state index contributed by atoms with van der Waals surface area (Å²) in [5, 5.41) is 7.58. The monoisotopic (exact) mass is 281 g/mol. The van der Waals surface area contributed by atoms with Gasteiger partial charge in [-0.25, -0.2) is 4.98 Å². The minimum Gasteiger partial charge on any atom is -0.396 e. The Labute approximate surface area is 117 Å². The number of aromatic nitrogens is 1. The van der Waals surface area contributed by atoms with Crippen LogP contribution < -0.4 is 5.32 Å². The number of nitrogens with zero attached hydrogens (tertiary/aromatic N) is 2. The first kappa shape index (κ1) is 14.0. The Hall–Kier alpha value is -1.43. The Morgan fingerprint density at radius 1 is 1.53 bits per heavy atom. The summed E-state index contributed by atoms with van der Waals surface area (Å²) in [6.07, 6.45) is 1.76. The van der Waals surface area contributed by atoms with Crippen molar-refractivity contribution >= 4 is 28.1 Å². The zero-order valence-corrected chi connectivity index (χ0v) is 12.6. The molecule has 1 aliphatic rings. The highest BCUT2D eigenvalue weighted by molar-refractivity contribution is 7.17. The highest BCUT2D eigenvalue weighted by Gasteiger charge is 2.33. The highest BCUT2D eigenvalue weighted by Crippen LogP contribution is 2.38. The number of hydrogen-bond donors (Lipinski definition) is 1. The van der Waals surface area contributed by atoms with E-state index in [1.54, 1.807) is 0 Å². The number of amides is 1. The number of fused-ring (bicyclic) bond motifs is 1. The Morgan fingerprint density at radius 3 is 2.89 bits per heavy atom. The molecule has 104 valence electrons. The molecular formula is C13H19N3O2S. The minimum atomic E-state index is -0.103. The van der Waals surface area contributed by atoms with Gasteiger partial charge in [0.15, 0.2) is 5.13 Å². The second kappa shape index (κ2) is 5.28. The predicted octanol–water partition coefficient (Wildman–Crippen LogP) is 2.81. The number of rotatable bonds is 3. The molecule has 1 aliphatic carbocycles. The van der Waals surface area contributed by atoms with E-state index < -0.39 is 0 Å². The molecular weight excluding hydrogens is 262 g/mol. The summed E-state index contributed by atoms with van der Waals surface area (Å²) in [5.41, 5.74) is 2.05. The van der Waals surface area contributed by atoms with E-state index in [1.807, 2.05) is 6.92 Å². The third-order valence-corrected chi connectivity index (χ3v) is 3.90. The zero-order valence-electron chi connectivity index (χ0n) is 11.7. The summed E-state index contributed by atoms with van der Waals surface area (Å²) in [4.78, 5) is 21.8. The van der Waals surface area contributed by atoms with Crippen LogP contribution in [0, 0.1) is 5.41 Å². The van der Waals surface area contributed by atoms with Crippen LogP contribution in [0.5, 0.6) is 0 Å². The highest BCUT2D eigenvalue weighted by atomic mass is 32.1. The summed E-state index contributed by atoms with van der Waals surface area (Å²) in [5.74, 6) is -0.103. The SMILES string of the molecule is CCON=C1CC(C)(C)Cc2nc(NC(C)=O)sc21. The lowest BCUT2D eigenvalue weighted by Gasteiger charge is -2.28. The predicted molar refractivity (Wildman–Crippen MR) is 76.7 cm³/mol. The number of thiazole rings is 1. The third kappa shape index (κ3) is 3.32. The lowest BCUT2D eigenvalue weighted by molar-refractivity contribution is -0.114. The van der Waals surface area contributed by atoms with E-state index in [9.17, 15) is 4.79 Å². The maximum atomic E-state index is 11.1. The molecule has 1 heterocycles. The molecule has 0 unspecified atom stereocenters. The van der Waals surface area contributed by atoms with Gasteiger partial charge in [0.1, 0.15) is 6.61 Å². The average Bonchev–Trinajstić information content (AvgIpc) is 2.65. The molecule has 19 heavy (non-hydrogen) atoms. The number of oxime groups is 1. The van der Waals surface area contributed by atoms with E-state index in [2.05, 4.69) is 29.3 Å². The quantitative estimate of drug-likeness (QED) is 0.866. The van der Waals surface area contributed by atoms with Gasteiger partial charge in [-0.3, -0.25) is 4.79 Å². The Morgan fingerprint density at radius 2 is 2.26 bits per heavy atom. The largest absolute Gasteiger partial charge is 0.396 e. The van der Waals surface area contributed by atoms with Gasteiger partial charge in [-0.2, -0.15) is 0 Å². The fourth-order valence-electron chi connectivity index (χ4n) is 2.17. The van der Waals surface area contributed by atoms with Crippen LogP contribution in [0.15, 0.2) is 5.16 Å². The van der Waals surface area contributed by atoms with Gasteiger partial charge in [-0.15, -0.1) is 0 Å². The first-order chi connectivity index (χ1) is 8.91. The van der Waals surface area contributed by atoms with E-state index in [-0.39, 0.29) is 11.3 Å². The molecule has 0 bridgehead atoms. The minimum absolute atomic E-state index is 0.103. The van der Waals surface area contributed by atoms with E-state index in [4.69, 9.17) is 4.84 Å². The van der Waals surface area contributed by atoms with Gasteiger partial charge in [0.2, 0.25) is 5.91 Å². The number of anilines is 1. The van der Waals surface area contributed by atoms with Crippen molar-refractivity contribution in [3.63, 3.8) is 0 Å². The van der Waals surface area contributed by atoms with Gasteiger partial charge in [-0.1, -0.05) is 30.3 Å². The van der Waals surface area contributed by atoms with Gasteiger partial charge in [0.05, 0.1) is 16.3 Å². The molecule has 1 N–H and O–H groups in total. The van der Waals surface area contributed by atoms with Crippen molar-refractivity contribution in [1.29, 1.82) is 0 Å². The van der Waals surface area contributed by atoms with E-state index >= 15 is 0 Å². The number of nitrogens with one attached hydrogen (secondary N) is 1. The van der Waals surface area contributed by atoms with Gasteiger partial charge in [0.25, 0.3) is 0 Å². The van der Waals surface area contributed by atoms with Crippen molar-refractivity contribution in [2.45, 2.75) is 40.5 Å². The van der Waals surface area contributed by atoms with E-state index in [0.717, 1.165) is 29.1 Å². The van der Waals surface area contributed by atoms with Crippen LogP contribution >= 0.6 is 11.3 Å². The number of carbonyl (C=O) groups excluding carboxylic acids is 1. The van der Waals surface area contributed by atoms with Crippen LogP contribution in [0.3, 0.4) is 0 Å². The Bertz CT molecular complexity index is 520. The molecule has 0 fully saturated rings. The van der Waals surface area contributed by atoms with Crippen molar-refractivity contribution in [2.24, 2.45) is 10.6 Å². The van der Waals surface area contributed by atoms with Crippen molar-refractivity contribution in [2.75, 3.05) is 11.9 Å². The lowest BCUT2D eigenvalue weighted by atomic mass is 9.78. The maximum Gasteiger partial charge on any atom is 0.223 e. The summed E-state index contributed by atoms with van der Waals surface area (Å²) >= 11 is 1.47. The molecule has 0 saturated carbocycles. The van der Waals surface area contributed by atoms with Crippen molar-refractivity contribution < 1.29 is 9.63 Å². The van der Waals surface area contributed by atoms with Crippen molar-refractivity contribution in [1.82, 2.24) is 4.98 Å². The molecule has 6 heteroatoms. The lowest BCUT2D eigenvalue weighted by Crippen LogP contribution is -2.26. The molecule has 0 spiro atoms. The van der Waals surface area contributed by atoms with E-state index in [0.29, 0.717) is 11.7 Å². The van der Waals surface area contributed by atoms with Crippen LogP contribution in [0.1, 0.15) is 44.7 Å². The van der Waals surface area contributed by atoms with Crippen molar-refractivity contribution in [3.05, 3.63) is 10.6 Å². The first-order valence-electron chi connectivity index (χ1n) is 6.38. The van der Waals surface area contributed by atoms with Gasteiger partial charge >= 0.3 is 0 Å². The molecule has 1 amide bonds. The van der Waals surface area contributed by atoms with Crippen LogP contribution in [0.4, 0.5) is 5.13 Å². The van der Waals surface area contributed by atoms with Crippen LogP contribution in [-0.4, -0.2) is 23.2 Å². The van der Waals surface area contributed by atoms with Crippen LogP contribution in [0.2, 0.25) is 0 Å². The molecule has 0 atom stereocenters. The smallest absolute Gasteiger partial charge is 0.223 e. The van der Waals surface area contributed by atoms with E-state index in [1.165, 1.54) is 18.3 Å². The molecule has 0 saturated heterocycles. The average molecular weight is 281 g/mol.